The molecule has 0 radical (unpaired) electrons. The lowest BCUT2D eigenvalue weighted by Gasteiger charge is -2.26. The Balaban J connectivity index is 1.54. The second-order valence-electron chi connectivity index (χ2n) is 7.93. The molecule has 0 heterocycles. The van der Waals surface area contributed by atoms with Gasteiger partial charge in [-0.2, -0.15) is 13.2 Å². The van der Waals surface area contributed by atoms with Gasteiger partial charge in [-0.1, -0.05) is 54.6 Å². The van der Waals surface area contributed by atoms with Crippen LogP contribution in [0.3, 0.4) is 0 Å². The summed E-state index contributed by atoms with van der Waals surface area (Å²) in [5, 5.41) is 0. The van der Waals surface area contributed by atoms with E-state index in [1.807, 2.05) is 18.2 Å². The van der Waals surface area contributed by atoms with Crippen molar-refractivity contribution in [2.75, 3.05) is 6.54 Å². The first-order valence-corrected chi connectivity index (χ1v) is 9.76. The Kier molecular flexibility index (Phi) is 5.95. The molecule has 1 aliphatic rings. The van der Waals surface area contributed by atoms with E-state index in [9.17, 15) is 13.2 Å². The number of nitrogens with zero attached hydrogens (tertiary/aromatic N) is 1. The lowest BCUT2D eigenvalue weighted by molar-refractivity contribution is -0.160. The first-order chi connectivity index (χ1) is 12.8. The molecule has 3 rings (SSSR count). The number of alkyl halides is 3. The molecule has 1 saturated carbocycles. The van der Waals surface area contributed by atoms with E-state index in [2.05, 4.69) is 43.0 Å². The molecule has 0 unspecified atom stereocenters. The first-order valence-electron chi connectivity index (χ1n) is 9.76. The third kappa shape index (κ3) is 4.73. The van der Waals surface area contributed by atoms with E-state index in [0.29, 0.717) is 11.6 Å². The average Bonchev–Trinajstić information content (AvgIpc) is 3.44. The summed E-state index contributed by atoms with van der Waals surface area (Å²) in [6.45, 7) is 6.29. The van der Waals surface area contributed by atoms with Crippen LogP contribution in [0.2, 0.25) is 0 Å². The standard InChI is InChI=1S/C23H28F3N/c1-18(2)27(17-20-7-4-3-5-8-20)16-6-9-19-10-12-21(13-11-19)22(14-15-22)23(24,25)26/h3-5,7-8,10-13,18H,6,9,14-17H2,1-2H3. The number of aryl methyl sites for hydroxylation is 1. The van der Waals surface area contributed by atoms with Crippen molar-refractivity contribution in [2.45, 2.75) is 63.7 Å². The molecule has 1 fully saturated rings. The molecular formula is C23H28F3N. The van der Waals surface area contributed by atoms with Gasteiger partial charge in [0, 0.05) is 12.6 Å². The van der Waals surface area contributed by atoms with Gasteiger partial charge in [-0.05, 0) is 62.8 Å². The largest absolute Gasteiger partial charge is 0.398 e. The summed E-state index contributed by atoms with van der Waals surface area (Å²) in [5.41, 5.74) is 1.26. The minimum atomic E-state index is -4.14. The van der Waals surface area contributed by atoms with Gasteiger partial charge in [0.15, 0.2) is 0 Å². The molecule has 146 valence electrons. The van der Waals surface area contributed by atoms with Gasteiger partial charge in [0.1, 0.15) is 0 Å². The monoisotopic (exact) mass is 375 g/mol. The summed E-state index contributed by atoms with van der Waals surface area (Å²) in [7, 11) is 0. The Labute approximate surface area is 160 Å². The van der Waals surface area contributed by atoms with Gasteiger partial charge in [-0.3, -0.25) is 4.90 Å². The smallest absolute Gasteiger partial charge is 0.297 e. The van der Waals surface area contributed by atoms with Crippen LogP contribution >= 0.6 is 0 Å². The SMILES string of the molecule is CC(C)N(CCCc1ccc(C2(C(F)(F)F)CC2)cc1)Cc1ccccc1. The van der Waals surface area contributed by atoms with Crippen LogP contribution in [0.25, 0.3) is 0 Å². The molecule has 0 amide bonds. The first kappa shape index (κ1) is 19.9. The maximum atomic E-state index is 13.2. The van der Waals surface area contributed by atoms with E-state index in [1.54, 1.807) is 12.1 Å². The van der Waals surface area contributed by atoms with Crippen LogP contribution in [0.1, 0.15) is 49.8 Å². The van der Waals surface area contributed by atoms with Crippen molar-refractivity contribution >= 4 is 0 Å². The molecule has 0 aliphatic heterocycles. The van der Waals surface area contributed by atoms with Crippen molar-refractivity contribution in [2.24, 2.45) is 0 Å². The van der Waals surface area contributed by atoms with Crippen LogP contribution in [-0.2, 0) is 18.4 Å². The Morgan fingerprint density at radius 2 is 1.56 bits per heavy atom. The van der Waals surface area contributed by atoms with Crippen LogP contribution < -0.4 is 0 Å². The van der Waals surface area contributed by atoms with E-state index in [4.69, 9.17) is 0 Å². The summed E-state index contributed by atoms with van der Waals surface area (Å²) in [5.74, 6) is 0. The van der Waals surface area contributed by atoms with Crippen LogP contribution in [-0.4, -0.2) is 23.7 Å². The molecule has 2 aromatic rings. The zero-order valence-corrected chi connectivity index (χ0v) is 16.1. The second-order valence-corrected chi connectivity index (χ2v) is 7.93. The lowest BCUT2D eigenvalue weighted by Crippen LogP contribution is -2.31. The molecule has 1 nitrogen and oxygen atoms in total. The fourth-order valence-electron chi connectivity index (χ4n) is 3.68. The van der Waals surface area contributed by atoms with E-state index < -0.39 is 11.6 Å². The number of halogens is 3. The molecular weight excluding hydrogens is 347 g/mol. The summed E-state index contributed by atoms with van der Waals surface area (Å²) in [4.78, 5) is 2.44. The molecule has 0 aromatic heterocycles. The molecule has 0 saturated heterocycles. The molecule has 0 atom stereocenters. The maximum absolute atomic E-state index is 13.2. The van der Waals surface area contributed by atoms with Gasteiger partial charge in [-0.25, -0.2) is 0 Å². The molecule has 0 N–H and O–H groups in total. The van der Waals surface area contributed by atoms with Gasteiger partial charge >= 0.3 is 6.18 Å². The minimum Gasteiger partial charge on any atom is -0.297 e. The van der Waals surface area contributed by atoms with Gasteiger partial charge in [0.2, 0.25) is 0 Å². The van der Waals surface area contributed by atoms with Crippen molar-refractivity contribution in [3.05, 3.63) is 71.3 Å². The zero-order valence-electron chi connectivity index (χ0n) is 16.1. The Bertz CT molecular complexity index is 716. The number of benzene rings is 2. The molecule has 2 aromatic carbocycles. The highest BCUT2D eigenvalue weighted by atomic mass is 19.4. The van der Waals surface area contributed by atoms with Crippen molar-refractivity contribution in [3.63, 3.8) is 0 Å². The molecule has 0 spiro atoms. The van der Waals surface area contributed by atoms with Crippen LogP contribution in [0.5, 0.6) is 0 Å². The van der Waals surface area contributed by atoms with E-state index in [-0.39, 0.29) is 12.8 Å². The van der Waals surface area contributed by atoms with Crippen LogP contribution in [0, 0.1) is 0 Å². The fraction of sp³-hybridized carbons (Fsp3) is 0.478. The third-order valence-electron chi connectivity index (χ3n) is 5.67. The normalized spacial score (nSPS) is 16.1. The predicted octanol–water partition coefficient (Wildman–Crippen LogP) is 6.12. The van der Waals surface area contributed by atoms with E-state index >= 15 is 0 Å². The molecule has 27 heavy (non-hydrogen) atoms. The zero-order chi connectivity index (χ0) is 19.5. The van der Waals surface area contributed by atoms with Gasteiger partial charge < -0.3 is 0 Å². The van der Waals surface area contributed by atoms with Crippen LogP contribution in [0.15, 0.2) is 54.6 Å². The van der Waals surface area contributed by atoms with Gasteiger partial charge in [0.05, 0.1) is 5.41 Å². The van der Waals surface area contributed by atoms with E-state index in [1.165, 1.54) is 5.56 Å². The summed E-state index contributed by atoms with van der Waals surface area (Å²) >= 11 is 0. The van der Waals surface area contributed by atoms with Crippen molar-refractivity contribution in [1.29, 1.82) is 0 Å². The Hall–Kier alpha value is -1.81. The highest BCUT2D eigenvalue weighted by Gasteiger charge is 2.64. The maximum Gasteiger partial charge on any atom is 0.398 e. The Morgan fingerprint density at radius 3 is 2.07 bits per heavy atom. The van der Waals surface area contributed by atoms with E-state index in [0.717, 1.165) is 31.5 Å². The third-order valence-corrected chi connectivity index (χ3v) is 5.67. The molecule has 4 heteroatoms. The summed E-state index contributed by atoms with van der Waals surface area (Å²) < 4.78 is 39.7. The van der Waals surface area contributed by atoms with Gasteiger partial charge in [0.25, 0.3) is 0 Å². The fourth-order valence-corrected chi connectivity index (χ4v) is 3.68. The second kappa shape index (κ2) is 8.05. The van der Waals surface area contributed by atoms with Crippen molar-refractivity contribution in [1.82, 2.24) is 4.90 Å². The minimum absolute atomic E-state index is 0.221. The summed E-state index contributed by atoms with van der Waals surface area (Å²) in [6.07, 6.45) is -1.81. The highest BCUT2D eigenvalue weighted by molar-refractivity contribution is 5.35. The average molecular weight is 375 g/mol. The summed E-state index contributed by atoms with van der Waals surface area (Å²) in [6, 6.07) is 18.0. The number of hydrogen-bond acceptors (Lipinski definition) is 1. The molecule has 0 bridgehead atoms. The quantitative estimate of drug-likeness (QED) is 0.537. The number of rotatable bonds is 8. The van der Waals surface area contributed by atoms with Crippen molar-refractivity contribution < 1.29 is 13.2 Å². The predicted molar refractivity (Wildman–Crippen MR) is 104 cm³/mol. The topological polar surface area (TPSA) is 3.24 Å². The number of hydrogen-bond donors (Lipinski definition) is 0. The van der Waals surface area contributed by atoms with Gasteiger partial charge in [-0.15, -0.1) is 0 Å². The molecule has 1 aliphatic carbocycles. The Morgan fingerprint density at radius 1 is 0.926 bits per heavy atom. The lowest BCUT2D eigenvalue weighted by atomic mass is 9.94. The highest BCUT2D eigenvalue weighted by Crippen LogP contribution is 2.58. The van der Waals surface area contributed by atoms with Crippen LogP contribution in [0.4, 0.5) is 13.2 Å². The van der Waals surface area contributed by atoms with Crippen molar-refractivity contribution in [3.8, 4) is 0 Å².